The maximum Gasteiger partial charge on any atom is 0.356 e. The third-order valence-electron chi connectivity index (χ3n) is 3.12. The molecule has 98 valence electrons. The number of aliphatic hydroxyl groups is 1. The van der Waals surface area contributed by atoms with Crippen LogP contribution in [0.25, 0.3) is 0 Å². The van der Waals surface area contributed by atoms with Gasteiger partial charge in [0, 0.05) is 19.6 Å². The lowest BCUT2D eigenvalue weighted by molar-refractivity contribution is 0.0591. The van der Waals surface area contributed by atoms with Crippen LogP contribution in [0.1, 0.15) is 29.5 Å². The van der Waals surface area contributed by atoms with Crippen LogP contribution in [0, 0.1) is 0 Å². The van der Waals surface area contributed by atoms with Gasteiger partial charge in [0.1, 0.15) is 5.69 Å². The second kappa shape index (κ2) is 5.04. The van der Waals surface area contributed by atoms with Gasteiger partial charge in [-0.25, -0.2) is 9.78 Å². The smallest absolute Gasteiger partial charge is 0.356 e. The molecule has 0 aliphatic carbocycles. The van der Waals surface area contributed by atoms with Gasteiger partial charge in [-0.3, -0.25) is 4.90 Å². The molecule has 1 atom stereocenters. The quantitative estimate of drug-likeness (QED) is 0.805. The molecular weight excluding hydrogens is 232 g/mol. The van der Waals surface area contributed by atoms with E-state index < -0.39 is 11.6 Å². The predicted octanol–water partition coefficient (Wildman–Crippen LogP) is 0.825. The van der Waals surface area contributed by atoms with Crippen molar-refractivity contribution in [3.63, 3.8) is 0 Å². The molecule has 0 amide bonds. The van der Waals surface area contributed by atoms with Crippen molar-refractivity contribution in [3.8, 4) is 0 Å². The van der Waals surface area contributed by atoms with E-state index in [2.05, 4.69) is 14.6 Å². The van der Waals surface area contributed by atoms with Crippen molar-refractivity contribution >= 4 is 5.97 Å². The summed E-state index contributed by atoms with van der Waals surface area (Å²) in [4.78, 5) is 17.8. The molecule has 0 saturated carbocycles. The standard InChI is InChI=1S/C13H18N2O3/c1-13(17)6-7-15(9-13)8-10-4-3-5-11(14-10)12(16)18-2/h3-5,17H,6-9H2,1-2H3. The largest absolute Gasteiger partial charge is 0.464 e. The molecule has 1 aliphatic heterocycles. The molecule has 5 heteroatoms. The Bertz CT molecular complexity index is 446. The number of hydrogen-bond acceptors (Lipinski definition) is 5. The number of methoxy groups -OCH3 is 1. The summed E-state index contributed by atoms with van der Waals surface area (Å²) in [6, 6.07) is 5.30. The van der Waals surface area contributed by atoms with E-state index in [1.54, 1.807) is 12.1 Å². The second-order valence-corrected chi connectivity index (χ2v) is 4.96. The first-order chi connectivity index (χ1) is 8.50. The minimum atomic E-state index is -0.611. The number of esters is 1. The van der Waals surface area contributed by atoms with Gasteiger partial charge in [-0.2, -0.15) is 0 Å². The molecular formula is C13H18N2O3. The van der Waals surface area contributed by atoms with Crippen molar-refractivity contribution in [2.75, 3.05) is 20.2 Å². The lowest BCUT2D eigenvalue weighted by atomic mass is 10.1. The fraction of sp³-hybridized carbons (Fsp3) is 0.538. The van der Waals surface area contributed by atoms with E-state index in [1.807, 2.05) is 13.0 Å². The van der Waals surface area contributed by atoms with Crippen LogP contribution in [0.5, 0.6) is 0 Å². The van der Waals surface area contributed by atoms with Gasteiger partial charge in [-0.15, -0.1) is 0 Å². The molecule has 1 aliphatic rings. The first-order valence-corrected chi connectivity index (χ1v) is 5.99. The number of β-amino-alcohol motifs (C(OH)–C–C–N with tert-alkyl or cyclic N) is 1. The minimum absolute atomic E-state index is 0.320. The van der Waals surface area contributed by atoms with Gasteiger partial charge in [0.25, 0.3) is 0 Å². The van der Waals surface area contributed by atoms with E-state index in [4.69, 9.17) is 0 Å². The van der Waals surface area contributed by atoms with E-state index in [1.165, 1.54) is 7.11 Å². The zero-order valence-corrected chi connectivity index (χ0v) is 10.7. The maximum atomic E-state index is 11.4. The molecule has 18 heavy (non-hydrogen) atoms. The summed E-state index contributed by atoms with van der Waals surface area (Å²) in [5.41, 5.74) is 0.525. The summed E-state index contributed by atoms with van der Waals surface area (Å²) in [7, 11) is 1.34. The Morgan fingerprint density at radius 1 is 1.61 bits per heavy atom. The number of carbonyl (C=O) groups is 1. The number of rotatable bonds is 3. The van der Waals surface area contributed by atoms with Crippen molar-refractivity contribution in [1.29, 1.82) is 0 Å². The number of aromatic nitrogens is 1. The van der Waals surface area contributed by atoms with Crippen LogP contribution in [0.15, 0.2) is 18.2 Å². The zero-order chi connectivity index (χ0) is 13.2. The van der Waals surface area contributed by atoms with Crippen molar-refractivity contribution in [1.82, 2.24) is 9.88 Å². The van der Waals surface area contributed by atoms with Crippen molar-refractivity contribution < 1.29 is 14.6 Å². The third-order valence-corrected chi connectivity index (χ3v) is 3.12. The van der Waals surface area contributed by atoms with Crippen LogP contribution in [0.4, 0.5) is 0 Å². The second-order valence-electron chi connectivity index (χ2n) is 4.96. The fourth-order valence-corrected chi connectivity index (χ4v) is 2.19. The first kappa shape index (κ1) is 13.0. The summed E-state index contributed by atoms with van der Waals surface area (Å²) in [5.74, 6) is -0.426. The number of carbonyl (C=O) groups excluding carboxylic acids is 1. The van der Waals surface area contributed by atoms with E-state index in [0.717, 1.165) is 18.7 Å². The number of hydrogen-bond donors (Lipinski definition) is 1. The average Bonchev–Trinajstić information content (AvgIpc) is 2.68. The SMILES string of the molecule is COC(=O)c1cccc(CN2CCC(C)(O)C2)n1. The molecule has 1 N–H and O–H groups in total. The molecule has 1 unspecified atom stereocenters. The Labute approximate surface area is 106 Å². The molecule has 1 saturated heterocycles. The van der Waals surface area contributed by atoms with Gasteiger partial charge >= 0.3 is 5.97 Å². The lowest BCUT2D eigenvalue weighted by Crippen LogP contribution is -2.29. The van der Waals surface area contributed by atoms with E-state index >= 15 is 0 Å². The molecule has 2 heterocycles. The average molecular weight is 250 g/mol. The van der Waals surface area contributed by atoms with Gasteiger partial charge < -0.3 is 9.84 Å². The molecule has 1 aromatic heterocycles. The molecule has 2 rings (SSSR count). The van der Waals surface area contributed by atoms with Crippen LogP contribution in [-0.2, 0) is 11.3 Å². The summed E-state index contributed by atoms with van der Waals surface area (Å²) >= 11 is 0. The molecule has 0 aromatic carbocycles. The zero-order valence-electron chi connectivity index (χ0n) is 10.7. The van der Waals surface area contributed by atoms with E-state index in [-0.39, 0.29) is 0 Å². The predicted molar refractivity (Wildman–Crippen MR) is 66.1 cm³/mol. The van der Waals surface area contributed by atoms with Gasteiger partial charge in [-0.1, -0.05) is 6.07 Å². The maximum absolute atomic E-state index is 11.4. The van der Waals surface area contributed by atoms with Gasteiger partial charge in [0.15, 0.2) is 0 Å². The van der Waals surface area contributed by atoms with E-state index in [0.29, 0.717) is 18.8 Å². The highest BCUT2D eigenvalue weighted by Crippen LogP contribution is 2.21. The molecule has 0 spiro atoms. The Morgan fingerprint density at radius 3 is 3.00 bits per heavy atom. The van der Waals surface area contributed by atoms with E-state index in [9.17, 15) is 9.90 Å². The summed E-state index contributed by atoms with van der Waals surface area (Å²) in [5, 5.41) is 9.89. The minimum Gasteiger partial charge on any atom is -0.464 e. The Balaban J connectivity index is 2.04. The summed E-state index contributed by atoms with van der Waals surface area (Å²) < 4.78 is 4.64. The molecule has 1 aromatic rings. The molecule has 0 bridgehead atoms. The highest BCUT2D eigenvalue weighted by atomic mass is 16.5. The number of nitrogens with zero attached hydrogens (tertiary/aromatic N) is 2. The molecule has 0 radical (unpaired) electrons. The molecule has 5 nitrogen and oxygen atoms in total. The van der Waals surface area contributed by atoms with Gasteiger partial charge in [0.05, 0.1) is 18.4 Å². The van der Waals surface area contributed by atoms with Crippen molar-refractivity contribution in [2.24, 2.45) is 0 Å². The third kappa shape index (κ3) is 3.05. The molecule has 1 fully saturated rings. The van der Waals surface area contributed by atoms with Gasteiger partial charge in [0.2, 0.25) is 0 Å². The first-order valence-electron chi connectivity index (χ1n) is 5.99. The van der Waals surface area contributed by atoms with Crippen LogP contribution in [0.2, 0.25) is 0 Å². The summed E-state index contributed by atoms with van der Waals surface area (Å²) in [6.07, 6.45) is 0.768. The Kier molecular flexibility index (Phi) is 3.63. The van der Waals surface area contributed by atoms with Crippen LogP contribution in [0.3, 0.4) is 0 Å². The Hall–Kier alpha value is -1.46. The van der Waals surface area contributed by atoms with Crippen LogP contribution < -0.4 is 0 Å². The topological polar surface area (TPSA) is 62.7 Å². The Morgan fingerprint density at radius 2 is 2.39 bits per heavy atom. The van der Waals surface area contributed by atoms with Gasteiger partial charge in [-0.05, 0) is 25.5 Å². The monoisotopic (exact) mass is 250 g/mol. The highest BCUT2D eigenvalue weighted by Gasteiger charge is 2.31. The van der Waals surface area contributed by atoms with Crippen LogP contribution >= 0.6 is 0 Å². The lowest BCUT2D eigenvalue weighted by Gasteiger charge is -2.18. The summed E-state index contributed by atoms with van der Waals surface area (Å²) in [6.45, 7) is 3.96. The number of likely N-dealkylation sites (tertiary alicyclic amines) is 1. The van der Waals surface area contributed by atoms with Crippen molar-refractivity contribution in [3.05, 3.63) is 29.6 Å². The number of ether oxygens (including phenoxy) is 1. The van der Waals surface area contributed by atoms with Crippen molar-refractivity contribution in [2.45, 2.75) is 25.5 Å². The van der Waals surface area contributed by atoms with Crippen LogP contribution in [-0.4, -0.2) is 46.8 Å². The fourth-order valence-electron chi connectivity index (χ4n) is 2.19. The normalized spacial score (nSPS) is 24.2. The number of pyridine rings is 1. The highest BCUT2D eigenvalue weighted by molar-refractivity contribution is 5.87.